The SMILES string of the molecule is COc1ccccc1OCCCOc1c(/C=C2\SC(=S)N(C)C2=O)cccc1OC. The molecule has 1 saturated heterocycles. The summed E-state index contributed by atoms with van der Waals surface area (Å²) in [5, 5.41) is 0. The van der Waals surface area contributed by atoms with Crippen LogP contribution in [0.5, 0.6) is 23.0 Å². The van der Waals surface area contributed by atoms with Crippen LogP contribution in [0, 0.1) is 0 Å². The Balaban J connectivity index is 1.65. The Morgan fingerprint density at radius 2 is 1.63 bits per heavy atom. The molecule has 8 heteroatoms. The molecule has 0 spiro atoms. The highest BCUT2D eigenvalue weighted by Gasteiger charge is 2.29. The first-order chi connectivity index (χ1) is 14.5. The highest BCUT2D eigenvalue weighted by molar-refractivity contribution is 8.26. The molecule has 0 aromatic heterocycles. The zero-order chi connectivity index (χ0) is 21.5. The number of carbonyl (C=O) groups excluding carboxylic acids is 1. The lowest BCUT2D eigenvalue weighted by molar-refractivity contribution is -0.121. The molecule has 1 aliphatic heterocycles. The lowest BCUT2D eigenvalue weighted by Gasteiger charge is -2.14. The summed E-state index contributed by atoms with van der Waals surface area (Å²) in [5.74, 6) is 2.45. The van der Waals surface area contributed by atoms with Crippen molar-refractivity contribution in [1.82, 2.24) is 4.90 Å². The van der Waals surface area contributed by atoms with Crippen LogP contribution in [0.4, 0.5) is 0 Å². The summed E-state index contributed by atoms with van der Waals surface area (Å²) in [6, 6.07) is 13.1. The average Bonchev–Trinajstić information content (AvgIpc) is 3.01. The van der Waals surface area contributed by atoms with Crippen LogP contribution < -0.4 is 18.9 Å². The van der Waals surface area contributed by atoms with Crippen molar-refractivity contribution in [2.75, 3.05) is 34.5 Å². The molecule has 0 aliphatic carbocycles. The van der Waals surface area contributed by atoms with Crippen molar-refractivity contribution < 1.29 is 23.7 Å². The van der Waals surface area contributed by atoms with E-state index in [1.165, 1.54) is 16.7 Å². The van der Waals surface area contributed by atoms with Crippen molar-refractivity contribution in [2.24, 2.45) is 0 Å². The molecule has 30 heavy (non-hydrogen) atoms. The molecule has 3 rings (SSSR count). The summed E-state index contributed by atoms with van der Waals surface area (Å²) >= 11 is 6.47. The summed E-state index contributed by atoms with van der Waals surface area (Å²) in [5.41, 5.74) is 0.758. The quantitative estimate of drug-likeness (QED) is 0.322. The Labute approximate surface area is 185 Å². The van der Waals surface area contributed by atoms with E-state index < -0.39 is 0 Å². The highest BCUT2D eigenvalue weighted by atomic mass is 32.2. The second-order valence-corrected chi connectivity index (χ2v) is 8.00. The number of benzene rings is 2. The van der Waals surface area contributed by atoms with Gasteiger partial charge in [0.05, 0.1) is 32.3 Å². The van der Waals surface area contributed by atoms with Gasteiger partial charge in [0.1, 0.15) is 4.32 Å². The molecule has 0 N–H and O–H groups in total. The second kappa shape index (κ2) is 10.4. The molecular formula is C22H23NO5S2. The molecule has 0 atom stereocenters. The topological polar surface area (TPSA) is 57.2 Å². The maximum Gasteiger partial charge on any atom is 0.265 e. The molecule has 0 unspecified atom stereocenters. The number of thiocarbonyl (C=S) groups is 1. The van der Waals surface area contributed by atoms with Gasteiger partial charge in [0.15, 0.2) is 23.0 Å². The zero-order valence-corrected chi connectivity index (χ0v) is 18.7. The maximum absolute atomic E-state index is 12.3. The molecule has 1 aliphatic rings. The minimum atomic E-state index is -0.121. The number of likely N-dealkylation sites (N-methyl/N-ethyl adjacent to an activating group) is 1. The largest absolute Gasteiger partial charge is 0.493 e. The number of rotatable bonds is 9. The van der Waals surface area contributed by atoms with E-state index in [1.54, 1.807) is 27.3 Å². The number of ether oxygens (including phenoxy) is 4. The summed E-state index contributed by atoms with van der Waals surface area (Å²) in [4.78, 5) is 14.3. The van der Waals surface area contributed by atoms with Crippen molar-refractivity contribution in [3.8, 4) is 23.0 Å². The van der Waals surface area contributed by atoms with Gasteiger partial charge in [0, 0.05) is 19.0 Å². The average molecular weight is 446 g/mol. The molecule has 1 heterocycles. The smallest absolute Gasteiger partial charge is 0.265 e. The van der Waals surface area contributed by atoms with Crippen LogP contribution >= 0.6 is 24.0 Å². The van der Waals surface area contributed by atoms with E-state index in [4.69, 9.17) is 31.2 Å². The number of methoxy groups -OCH3 is 2. The predicted molar refractivity (Wildman–Crippen MR) is 123 cm³/mol. The van der Waals surface area contributed by atoms with Gasteiger partial charge in [-0.05, 0) is 24.3 Å². The molecule has 0 bridgehead atoms. The summed E-state index contributed by atoms with van der Waals surface area (Å²) in [7, 11) is 4.87. The van der Waals surface area contributed by atoms with Gasteiger partial charge in [-0.3, -0.25) is 9.69 Å². The van der Waals surface area contributed by atoms with Gasteiger partial charge in [-0.15, -0.1) is 0 Å². The Morgan fingerprint density at radius 3 is 2.30 bits per heavy atom. The number of nitrogens with zero attached hydrogens (tertiary/aromatic N) is 1. The van der Waals surface area contributed by atoms with Crippen molar-refractivity contribution in [1.29, 1.82) is 0 Å². The molecular weight excluding hydrogens is 422 g/mol. The van der Waals surface area contributed by atoms with E-state index in [9.17, 15) is 4.79 Å². The fourth-order valence-electron chi connectivity index (χ4n) is 2.80. The van der Waals surface area contributed by atoms with Crippen LogP contribution in [0.1, 0.15) is 12.0 Å². The molecule has 1 amide bonds. The van der Waals surface area contributed by atoms with E-state index in [1.807, 2.05) is 42.5 Å². The minimum Gasteiger partial charge on any atom is -0.493 e. The van der Waals surface area contributed by atoms with Gasteiger partial charge in [-0.1, -0.05) is 48.2 Å². The number of amides is 1. The standard InChI is InChI=1S/C22H23NO5S2/c1-23-21(24)19(30-22(23)29)14-15-8-6-11-18(26-3)20(15)28-13-7-12-27-17-10-5-4-9-16(17)25-2/h4-6,8-11,14H,7,12-13H2,1-3H3/b19-14-. The van der Waals surface area contributed by atoms with E-state index in [0.29, 0.717) is 51.9 Å². The van der Waals surface area contributed by atoms with Crippen LogP contribution in [-0.4, -0.2) is 49.6 Å². The number of hydrogen-bond donors (Lipinski definition) is 0. The van der Waals surface area contributed by atoms with Gasteiger partial charge in [-0.2, -0.15) is 0 Å². The third kappa shape index (κ3) is 5.06. The maximum atomic E-state index is 12.3. The summed E-state index contributed by atoms with van der Waals surface area (Å²) in [6.45, 7) is 0.893. The molecule has 2 aromatic carbocycles. The van der Waals surface area contributed by atoms with Crippen molar-refractivity contribution in [3.63, 3.8) is 0 Å². The van der Waals surface area contributed by atoms with E-state index in [2.05, 4.69) is 0 Å². The first-order valence-electron chi connectivity index (χ1n) is 9.32. The highest BCUT2D eigenvalue weighted by Crippen LogP contribution is 2.37. The van der Waals surface area contributed by atoms with Crippen molar-refractivity contribution in [3.05, 3.63) is 52.9 Å². The summed E-state index contributed by atoms with van der Waals surface area (Å²) in [6.07, 6.45) is 2.44. The van der Waals surface area contributed by atoms with Gasteiger partial charge in [-0.25, -0.2) is 0 Å². The molecule has 0 saturated carbocycles. The van der Waals surface area contributed by atoms with Crippen LogP contribution in [0.2, 0.25) is 0 Å². The van der Waals surface area contributed by atoms with Gasteiger partial charge in [0.25, 0.3) is 5.91 Å². The van der Waals surface area contributed by atoms with E-state index >= 15 is 0 Å². The van der Waals surface area contributed by atoms with Crippen LogP contribution in [0.3, 0.4) is 0 Å². The predicted octanol–water partition coefficient (Wildman–Crippen LogP) is 4.38. The monoisotopic (exact) mass is 445 g/mol. The van der Waals surface area contributed by atoms with Gasteiger partial charge >= 0.3 is 0 Å². The van der Waals surface area contributed by atoms with Crippen molar-refractivity contribution in [2.45, 2.75) is 6.42 Å². The molecule has 6 nitrogen and oxygen atoms in total. The lowest BCUT2D eigenvalue weighted by atomic mass is 10.1. The second-order valence-electron chi connectivity index (χ2n) is 6.32. The fraction of sp³-hybridized carbons (Fsp3) is 0.273. The minimum absolute atomic E-state index is 0.121. The molecule has 1 fully saturated rings. The normalized spacial score (nSPS) is 14.9. The van der Waals surface area contributed by atoms with Crippen LogP contribution in [-0.2, 0) is 4.79 Å². The third-order valence-electron chi connectivity index (χ3n) is 4.36. The number of hydrogen-bond acceptors (Lipinski definition) is 7. The zero-order valence-electron chi connectivity index (χ0n) is 17.0. The number of para-hydroxylation sites is 3. The fourth-order valence-corrected chi connectivity index (χ4v) is 3.97. The number of thioether (sulfide) groups is 1. The summed E-state index contributed by atoms with van der Waals surface area (Å²) < 4.78 is 23.0. The Hall–Kier alpha value is -2.71. The van der Waals surface area contributed by atoms with E-state index in [0.717, 1.165) is 5.56 Å². The first kappa shape index (κ1) is 22.0. The first-order valence-corrected chi connectivity index (χ1v) is 10.5. The Bertz CT molecular complexity index is 960. The molecule has 2 aromatic rings. The van der Waals surface area contributed by atoms with Gasteiger partial charge < -0.3 is 18.9 Å². The third-order valence-corrected chi connectivity index (χ3v) is 5.85. The van der Waals surface area contributed by atoms with E-state index in [-0.39, 0.29) is 5.91 Å². The Morgan fingerprint density at radius 1 is 0.967 bits per heavy atom. The van der Waals surface area contributed by atoms with Crippen LogP contribution in [0.15, 0.2) is 47.4 Å². The Kier molecular flexibility index (Phi) is 7.59. The van der Waals surface area contributed by atoms with Gasteiger partial charge in [0.2, 0.25) is 0 Å². The number of carbonyl (C=O) groups is 1. The molecule has 158 valence electrons. The molecule has 0 radical (unpaired) electrons. The van der Waals surface area contributed by atoms with Crippen LogP contribution in [0.25, 0.3) is 6.08 Å². The lowest BCUT2D eigenvalue weighted by Crippen LogP contribution is -2.22. The van der Waals surface area contributed by atoms with Crippen molar-refractivity contribution >= 4 is 40.3 Å².